The van der Waals surface area contributed by atoms with E-state index in [4.69, 9.17) is 9.47 Å². The number of aliphatic hydroxyl groups is 1. The van der Waals surface area contributed by atoms with E-state index < -0.39 is 40.2 Å². The molecule has 0 amide bonds. The number of halogens is 3. The van der Waals surface area contributed by atoms with Gasteiger partial charge in [0.25, 0.3) is 0 Å². The van der Waals surface area contributed by atoms with Gasteiger partial charge in [0, 0.05) is 0 Å². The predicted octanol–water partition coefficient (Wildman–Crippen LogP) is 5.40. The third-order valence-corrected chi connectivity index (χ3v) is 9.14. The minimum absolute atomic E-state index is 0.0660. The van der Waals surface area contributed by atoms with E-state index in [0.29, 0.717) is 24.0 Å². The second-order valence-electron chi connectivity index (χ2n) is 10.0. The van der Waals surface area contributed by atoms with E-state index in [2.05, 4.69) is 13.8 Å². The SMILES string of the molecule is O=S(=NCC1CC1)(N[C@@H]1COC[C@@H](N2c3ccccc3Oc3ccccc32)[C@@H]1O)c1ccc(OC(F)(F)F)cc1. The van der Waals surface area contributed by atoms with Crippen molar-refractivity contribution in [3.63, 3.8) is 0 Å². The van der Waals surface area contributed by atoms with Crippen LogP contribution in [0.25, 0.3) is 0 Å². The van der Waals surface area contributed by atoms with Gasteiger partial charge in [-0.1, -0.05) is 24.3 Å². The molecule has 12 heteroatoms. The summed E-state index contributed by atoms with van der Waals surface area (Å²) in [6.45, 7) is 0.604. The molecule has 212 valence electrons. The van der Waals surface area contributed by atoms with Crippen molar-refractivity contribution >= 4 is 21.3 Å². The van der Waals surface area contributed by atoms with Crippen LogP contribution in [0.1, 0.15) is 12.8 Å². The van der Waals surface area contributed by atoms with Crippen LogP contribution in [0.2, 0.25) is 0 Å². The summed E-state index contributed by atoms with van der Waals surface area (Å²) in [5.41, 5.74) is 1.52. The molecule has 40 heavy (non-hydrogen) atoms. The largest absolute Gasteiger partial charge is 0.573 e. The van der Waals surface area contributed by atoms with Gasteiger partial charge in [-0.05, 0) is 67.3 Å². The molecule has 3 aromatic rings. The number of benzene rings is 3. The molecule has 1 saturated heterocycles. The summed E-state index contributed by atoms with van der Waals surface area (Å²) in [4.78, 5) is 2.16. The van der Waals surface area contributed by atoms with Crippen LogP contribution in [-0.2, 0) is 14.7 Å². The van der Waals surface area contributed by atoms with Crippen LogP contribution in [-0.4, -0.2) is 53.6 Å². The molecule has 2 aliphatic heterocycles. The number of aliphatic hydroxyl groups excluding tert-OH is 1. The van der Waals surface area contributed by atoms with Crippen molar-refractivity contribution in [1.29, 1.82) is 0 Å². The number of anilines is 2. The van der Waals surface area contributed by atoms with Gasteiger partial charge in [0.2, 0.25) is 0 Å². The molecule has 2 heterocycles. The Bertz CT molecular complexity index is 1440. The number of para-hydroxylation sites is 4. The van der Waals surface area contributed by atoms with Gasteiger partial charge >= 0.3 is 6.36 Å². The van der Waals surface area contributed by atoms with Crippen LogP contribution in [0.5, 0.6) is 17.2 Å². The van der Waals surface area contributed by atoms with Gasteiger partial charge in [0.05, 0.1) is 54.2 Å². The zero-order valence-corrected chi connectivity index (χ0v) is 22.1. The lowest BCUT2D eigenvalue weighted by Gasteiger charge is -2.44. The topological polar surface area (TPSA) is 92.6 Å². The maximum atomic E-state index is 14.3. The first-order valence-electron chi connectivity index (χ1n) is 13.0. The average molecular weight is 576 g/mol. The molecule has 1 saturated carbocycles. The highest BCUT2D eigenvalue weighted by molar-refractivity contribution is 7.91. The molecule has 3 aliphatic rings. The van der Waals surface area contributed by atoms with Crippen molar-refractivity contribution in [3.8, 4) is 17.2 Å². The molecular formula is C28H28F3N3O5S. The minimum Gasteiger partial charge on any atom is -0.453 e. The minimum atomic E-state index is -4.84. The molecule has 8 nitrogen and oxygen atoms in total. The highest BCUT2D eigenvalue weighted by atomic mass is 32.2. The fraction of sp³-hybridized carbons (Fsp3) is 0.357. The summed E-state index contributed by atoms with van der Waals surface area (Å²) in [5.74, 6) is 1.16. The van der Waals surface area contributed by atoms with E-state index in [9.17, 15) is 22.5 Å². The third-order valence-electron chi connectivity index (χ3n) is 7.09. The lowest BCUT2D eigenvalue weighted by Crippen LogP contribution is -2.60. The molecule has 0 aromatic heterocycles. The monoisotopic (exact) mass is 575 g/mol. The number of ether oxygens (including phenoxy) is 3. The van der Waals surface area contributed by atoms with Gasteiger partial charge in [-0.25, -0.2) is 13.3 Å². The smallest absolute Gasteiger partial charge is 0.453 e. The average Bonchev–Trinajstić information content (AvgIpc) is 3.76. The van der Waals surface area contributed by atoms with Crippen molar-refractivity contribution in [3.05, 3.63) is 72.8 Å². The lowest BCUT2D eigenvalue weighted by atomic mass is 9.98. The lowest BCUT2D eigenvalue weighted by molar-refractivity contribution is -0.274. The van der Waals surface area contributed by atoms with Crippen molar-refractivity contribution < 1.29 is 36.7 Å². The van der Waals surface area contributed by atoms with E-state index in [0.717, 1.165) is 36.3 Å². The fourth-order valence-electron chi connectivity index (χ4n) is 4.92. The van der Waals surface area contributed by atoms with Gasteiger partial charge in [-0.2, -0.15) is 0 Å². The first kappa shape index (κ1) is 26.9. The fourth-order valence-corrected chi connectivity index (χ4v) is 6.83. The van der Waals surface area contributed by atoms with Crippen LogP contribution in [0.15, 0.2) is 82.1 Å². The quantitative estimate of drug-likeness (QED) is 0.392. The zero-order chi connectivity index (χ0) is 27.9. The second-order valence-corrected chi connectivity index (χ2v) is 12.0. The van der Waals surface area contributed by atoms with Crippen molar-refractivity contribution in [1.82, 2.24) is 4.72 Å². The highest BCUT2D eigenvalue weighted by Gasteiger charge is 2.42. The number of rotatable bonds is 7. The molecule has 0 radical (unpaired) electrons. The number of hydrogen-bond donors (Lipinski definition) is 2. The van der Waals surface area contributed by atoms with Gasteiger partial charge in [-0.15, -0.1) is 13.2 Å². The molecule has 0 bridgehead atoms. The summed E-state index contributed by atoms with van der Waals surface area (Å²) < 4.78 is 75.7. The normalized spacial score (nSPS) is 23.8. The molecule has 1 unspecified atom stereocenters. The number of nitrogens with one attached hydrogen (secondary N) is 1. The highest BCUT2D eigenvalue weighted by Crippen LogP contribution is 2.48. The Hall–Kier alpha value is -3.32. The number of fused-ring (bicyclic) bond motifs is 2. The van der Waals surface area contributed by atoms with Gasteiger partial charge < -0.3 is 24.2 Å². The van der Waals surface area contributed by atoms with E-state index in [1.165, 1.54) is 12.1 Å². The van der Waals surface area contributed by atoms with Gasteiger partial charge in [0.15, 0.2) is 11.5 Å². The Balaban J connectivity index is 1.30. The van der Waals surface area contributed by atoms with Crippen molar-refractivity contribution in [2.75, 3.05) is 24.7 Å². The van der Waals surface area contributed by atoms with Crippen molar-refractivity contribution in [2.24, 2.45) is 10.3 Å². The van der Waals surface area contributed by atoms with E-state index in [-0.39, 0.29) is 18.1 Å². The summed E-state index contributed by atoms with van der Waals surface area (Å²) in [6.07, 6.45) is -3.93. The molecule has 2 fully saturated rings. The van der Waals surface area contributed by atoms with E-state index in [1.54, 1.807) is 0 Å². The third kappa shape index (κ3) is 5.62. The zero-order valence-electron chi connectivity index (χ0n) is 21.3. The molecular weight excluding hydrogens is 547 g/mol. The summed E-state index contributed by atoms with van der Waals surface area (Å²) >= 11 is 0. The van der Waals surface area contributed by atoms with Gasteiger partial charge in [-0.3, -0.25) is 0 Å². The summed E-state index contributed by atoms with van der Waals surface area (Å²) in [5, 5.41) is 11.7. The Morgan fingerprint density at radius 3 is 2.20 bits per heavy atom. The maximum absolute atomic E-state index is 14.3. The summed E-state index contributed by atoms with van der Waals surface area (Å²) in [6, 6.07) is 18.4. The van der Waals surface area contributed by atoms with Crippen LogP contribution in [0.3, 0.4) is 0 Å². The molecule has 6 rings (SSSR count). The number of nitrogens with zero attached hydrogens (tertiary/aromatic N) is 2. The standard InChI is InChI=1S/C28H28F3N3O5S/c29-28(30,31)39-19-11-13-20(14-12-19)40(36,32-15-18-9-10-18)33-21-16-37-17-24(27(21)35)34-22-5-1-3-7-25(22)38-26-8-4-2-6-23(26)34/h1-8,11-14,18,21,24,27,35H,9-10,15-17H2,(H,32,33,36)/t21-,24-,27-,40?/m1/s1. The molecule has 0 spiro atoms. The maximum Gasteiger partial charge on any atom is 0.573 e. The first-order valence-corrected chi connectivity index (χ1v) is 14.5. The van der Waals surface area contributed by atoms with Gasteiger partial charge in [0.1, 0.15) is 15.7 Å². The van der Waals surface area contributed by atoms with Crippen LogP contribution in [0, 0.1) is 5.92 Å². The Morgan fingerprint density at radius 1 is 0.975 bits per heavy atom. The van der Waals surface area contributed by atoms with Crippen LogP contribution >= 0.6 is 0 Å². The first-order chi connectivity index (χ1) is 19.2. The predicted molar refractivity (Wildman–Crippen MR) is 142 cm³/mol. The molecule has 4 atom stereocenters. The second kappa shape index (κ2) is 10.6. The molecule has 3 aromatic carbocycles. The Kier molecular flexibility index (Phi) is 7.11. The van der Waals surface area contributed by atoms with Crippen LogP contribution in [0.4, 0.5) is 24.5 Å². The number of alkyl halides is 3. The molecule has 1 aliphatic carbocycles. The Morgan fingerprint density at radius 2 is 1.60 bits per heavy atom. The van der Waals surface area contributed by atoms with Crippen molar-refractivity contribution in [2.45, 2.75) is 42.3 Å². The summed E-state index contributed by atoms with van der Waals surface area (Å²) in [7, 11) is -3.34. The number of hydrogen-bond acceptors (Lipinski definition) is 7. The Labute approximate surface area is 230 Å². The van der Waals surface area contributed by atoms with E-state index in [1.807, 2.05) is 53.4 Å². The van der Waals surface area contributed by atoms with Crippen LogP contribution < -0.4 is 19.1 Å². The molecule has 2 N–H and O–H groups in total. The van der Waals surface area contributed by atoms with E-state index >= 15 is 0 Å².